The highest BCUT2D eigenvalue weighted by atomic mass is 16.5. The first-order valence-electron chi connectivity index (χ1n) is 10.8. The minimum atomic E-state index is -0.519. The van der Waals surface area contributed by atoms with Gasteiger partial charge in [-0.15, -0.1) is 0 Å². The number of H-pyrrole nitrogens is 1. The van der Waals surface area contributed by atoms with Gasteiger partial charge in [0.1, 0.15) is 17.2 Å². The topological polar surface area (TPSA) is 131 Å². The Kier molecular flexibility index (Phi) is 6.31. The van der Waals surface area contributed by atoms with E-state index in [2.05, 4.69) is 30.7 Å². The van der Waals surface area contributed by atoms with Gasteiger partial charge in [0.15, 0.2) is 5.76 Å². The Bertz CT molecular complexity index is 1280. The smallest absolute Gasteiger partial charge is 0.319 e. The summed E-state index contributed by atoms with van der Waals surface area (Å²) in [6.45, 7) is 7.85. The molecule has 176 valence electrons. The number of urea groups is 1. The third-order valence-corrected chi connectivity index (χ3v) is 5.45. The van der Waals surface area contributed by atoms with Gasteiger partial charge in [-0.1, -0.05) is 25.1 Å². The number of carbonyl (C=O) groups excluding carboxylic acids is 1. The number of hydrogen-bond acceptors (Lipinski definition) is 7. The van der Waals surface area contributed by atoms with Crippen molar-refractivity contribution in [1.29, 1.82) is 0 Å². The molecule has 0 bridgehead atoms. The highest BCUT2D eigenvalue weighted by Crippen LogP contribution is 2.33. The number of amides is 2. The second-order valence-corrected chi connectivity index (χ2v) is 8.50. The first-order chi connectivity index (χ1) is 16.3. The molecule has 0 radical (unpaired) electrons. The molecule has 4 aromatic heterocycles. The lowest BCUT2D eigenvalue weighted by Crippen LogP contribution is -2.39. The normalized spacial score (nSPS) is 11.3. The number of aromatic nitrogens is 5. The number of pyridine rings is 2. The number of anilines is 1. The van der Waals surface area contributed by atoms with Gasteiger partial charge in [-0.2, -0.15) is 0 Å². The van der Waals surface area contributed by atoms with Gasteiger partial charge in [-0.05, 0) is 32.0 Å². The van der Waals surface area contributed by atoms with E-state index >= 15 is 0 Å². The van der Waals surface area contributed by atoms with E-state index in [1.807, 2.05) is 38.1 Å². The summed E-state index contributed by atoms with van der Waals surface area (Å²) < 4.78 is 10.4. The minimum absolute atomic E-state index is 0.330. The van der Waals surface area contributed by atoms with Crippen molar-refractivity contribution in [2.75, 3.05) is 19.0 Å². The average molecular weight is 462 g/mol. The van der Waals surface area contributed by atoms with E-state index in [0.29, 0.717) is 41.1 Å². The van der Waals surface area contributed by atoms with Gasteiger partial charge < -0.3 is 24.9 Å². The van der Waals surface area contributed by atoms with Crippen LogP contribution in [0.2, 0.25) is 0 Å². The van der Waals surface area contributed by atoms with Crippen LogP contribution in [0.5, 0.6) is 5.88 Å². The van der Waals surface area contributed by atoms with Crippen LogP contribution in [0.3, 0.4) is 0 Å². The molecule has 10 nitrogen and oxygen atoms in total. The number of nitrogens with one attached hydrogen (secondary N) is 3. The lowest BCUT2D eigenvalue weighted by molar-refractivity contribution is 0.249. The van der Waals surface area contributed by atoms with Crippen molar-refractivity contribution in [3.05, 3.63) is 60.0 Å². The second kappa shape index (κ2) is 9.34. The van der Waals surface area contributed by atoms with E-state index < -0.39 is 5.41 Å². The SMILES string of the molecule is COc1cccc(-c2[nH]c(C(C)(C)CNC(=O)Nc3c(C)noc3C)nc2-c2ccncc2)n1. The third-order valence-electron chi connectivity index (χ3n) is 5.45. The summed E-state index contributed by atoms with van der Waals surface area (Å²) in [6, 6.07) is 9.00. The zero-order valence-electron chi connectivity index (χ0n) is 19.8. The fourth-order valence-electron chi connectivity index (χ4n) is 3.47. The van der Waals surface area contributed by atoms with Crippen molar-refractivity contribution in [1.82, 2.24) is 30.4 Å². The molecule has 10 heteroatoms. The van der Waals surface area contributed by atoms with Crippen molar-refractivity contribution in [3.63, 3.8) is 0 Å². The maximum atomic E-state index is 12.5. The van der Waals surface area contributed by atoms with Gasteiger partial charge >= 0.3 is 6.03 Å². The Morgan fingerprint density at radius 2 is 1.91 bits per heavy atom. The van der Waals surface area contributed by atoms with E-state index in [4.69, 9.17) is 14.2 Å². The summed E-state index contributed by atoms with van der Waals surface area (Å²) in [6.07, 6.45) is 3.44. The van der Waals surface area contributed by atoms with E-state index in [9.17, 15) is 4.79 Å². The molecule has 0 unspecified atom stereocenters. The minimum Gasteiger partial charge on any atom is -0.481 e. The van der Waals surface area contributed by atoms with Crippen LogP contribution in [0.15, 0.2) is 47.2 Å². The monoisotopic (exact) mass is 461 g/mol. The summed E-state index contributed by atoms with van der Waals surface area (Å²) in [5.41, 5.74) is 3.77. The maximum absolute atomic E-state index is 12.5. The number of aryl methyl sites for hydroxylation is 2. The second-order valence-electron chi connectivity index (χ2n) is 8.50. The first kappa shape index (κ1) is 23.0. The molecule has 0 aliphatic heterocycles. The zero-order chi connectivity index (χ0) is 24.3. The summed E-state index contributed by atoms with van der Waals surface area (Å²) in [4.78, 5) is 29.5. The molecular weight excluding hydrogens is 434 g/mol. The molecule has 0 atom stereocenters. The Morgan fingerprint density at radius 3 is 2.59 bits per heavy atom. The molecule has 4 rings (SSSR count). The number of aromatic amines is 1. The summed E-state index contributed by atoms with van der Waals surface area (Å²) in [5.74, 6) is 1.76. The fourth-order valence-corrected chi connectivity index (χ4v) is 3.47. The molecule has 0 saturated carbocycles. The number of rotatable bonds is 7. The van der Waals surface area contributed by atoms with Crippen molar-refractivity contribution >= 4 is 11.7 Å². The molecule has 0 aromatic carbocycles. The van der Waals surface area contributed by atoms with Gasteiger partial charge in [-0.25, -0.2) is 14.8 Å². The lowest BCUT2D eigenvalue weighted by atomic mass is 9.92. The standard InChI is InChI=1S/C24H27N7O3/c1-14-19(15(2)34-31-14)30-23(32)26-13-24(3,4)22-28-20(16-9-11-25-12-10-16)21(29-22)17-7-6-8-18(27-17)33-5/h6-12H,13H2,1-5H3,(H,28,29)(H2,26,30,32). The maximum Gasteiger partial charge on any atom is 0.319 e. The number of hydrogen-bond donors (Lipinski definition) is 3. The van der Waals surface area contributed by atoms with Crippen LogP contribution < -0.4 is 15.4 Å². The van der Waals surface area contributed by atoms with E-state index in [1.54, 1.807) is 39.4 Å². The van der Waals surface area contributed by atoms with Gasteiger partial charge in [-0.3, -0.25) is 4.98 Å². The average Bonchev–Trinajstić information content (AvgIpc) is 3.44. The Hall–Kier alpha value is -4.21. The van der Waals surface area contributed by atoms with E-state index in [0.717, 1.165) is 17.0 Å². The molecule has 34 heavy (non-hydrogen) atoms. The van der Waals surface area contributed by atoms with Crippen LogP contribution >= 0.6 is 0 Å². The molecule has 3 N–H and O–H groups in total. The number of nitrogens with zero attached hydrogens (tertiary/aromatic N) is 4. The van der Waals surface area contributed by atoms with Crippen molar-refractivity contribution < 1.29 is 14.1 Å². The number of imidazole rings is 1. The van der Waals surface area contributed by atoms with Crippen LogP contribution in [0.4, 0.5) is 10.5 Å². The van der Waals surface area contributed by atoms with Crippen LogP contribution in [-0.2, 0) is 5.41 Å². The van der Waals surface area contributed by atoms with E-state index in [1.165, 1.54) is 0 Å². The van der Waals surface area contributed by atoms with Crippen molar-refractivity contribution in [2.45, 2.75) is 33.1 Å². The van der Waals surface area contributed by atoms with Crippen LogP contribution in [0.1, 0.15) is 31.1 Å². The molecule has 0 aliphatic rings. The predicted molar refractivity (Wildman–Crippen MR) is 128 cm³/mol. The molecule has 4 heterocycles. The van der Waals surface area contributed by atoms with Gasteiger partial charge in [0.05, 0.1) is 24.2 Å². The number of carbonyl (C=O) groups is 1. The largest absolute Gasteiger partial charge is 0.481 e. The van der Waals surface area contributed by atoms with Crippen molar-refractivity contribution in [3.8, 4) is 28.5 Å². The summed E-state index contributed by atoms with van der Waals surface area (Å²) >= 11 is 0. The van der Waals surface area contributed by atoms with Gasteiger partial charge in [0.2, 0.25) is 5.88 Å². The zero-order valence-corrected chi connectivity index (χ0v) is 19.8. The lowest BCUT2D eigenvalue weighted by Gasteiger charge is -2.22. The molecule has 0 spiro atoms. The highest BCUT2D eigenvalue weighted by molar-refractivity contribution is 5.90. The predicted octanol–water partition coefficient (Wildman–Crippen LogP) is 4.25. The summed E-state index contributed by atoms with van der Waals surface area (Å²) in [7, 11) is 1.58. The van der Waals surface area contributed by atoms with Crippen LogP contribution in [-0.4, -0.2) is 44.8 Å². The summed E-state index contributed by atoms with van der Waals surface area (Å²) in [5, 5.41) is 9.57. The fraction of sp³-hybridized carbons (Fsp3) is 0.292. The number of methoxy groups -OCH3 is 1. The first-order valence-corrected chi connectivity index (χ1v) is 10.8. The Labute approximate surface area is 197 Å². The number of ether oxygens (including phenoxy) is 1. The molecule has 4 aromatic rings. The molecular formula is C24H27N7O3. The quantitative estimate of drug-likeness (QED) is 0.375. The Morgan fingerprint density at radius 1 is 1.15 bits per heavy atom. The molecule has 2 amide bonds. The van der Waals surface area contributed by atoms with Crippen LogP contribution in [0, 0.1) is 13.8 Å². The molecule has 0 aliphatic carbocycles. The van der Waals surface area contributed by atoms with Gasteiger partial charge in [0.25, 0.3) is 0 Å². The third kappa shape index (κ3) is 4.75. The highest BCUT2D eigenvalue weighted by Gasteiger charge is 2.28. The van der Waals surface area contributed by atoms with E-state index in [-0.39, 0.29) is 6.03 Å². The Balaban J connectivity index is 1.61. The molecule has 0 saturated heterocycles. The molecule has 0 fully saturated rings. The van der Waals surface area contributed by atoms with Crippen molar-refractivity contribution in [2.24, 2.45) is 0 Å². The van der Waals surface area contributed by atoms with Gasteiger partial charge in [0, 0.05) is 36.0 Å². The van der Waals surface area contributed by atoms with Crippen LogP contribution in [0.25, 0.3) is 22.6 Å².